The maximum Gasteiger partial charge on any atom is 0.156 e. The molecule has 82 valence electrons. The molecule has 0 aromatic heterocycles. The molecule has 1 aliphatic rings. The van der Waals surface area contributed by atoms with Gasteiger partial charge in [-0.3, -0.25) is 4.90 Å². The Bertz CT molecular complexity index is 230. The first kappa shape index (κ1) is 11.7. The maximum atomic E-state index is 8.60. The third-order valence-electron chi connectivity index (χ3n) is 2.55. The molecule has 5 heteroatoms. The first-order chi connectivity index (χ1) is 6.46. The Morgan fingerprint density at radius 1 is 1.64 bits per heavy atom. The van der Waals surface area contributed by atoms with Crippen molar-refractivity contribution in [2.45, 2.75) is 31.6 Å². The quantitative estimate of drug-likeness (QED) is 0.313. The van der Waals surface area contributed by atoms with Gasteiger partial charge in [-0.15, -0.1) is 0 Å². The second-order valence-electron chi connectivity index (χ2n) is 4.28. The predicted octanol–water partition coefficient (Wildman–Crippen LogP) is 0.949. The molecule has 1 saturated heterocycles. The summed E-state index contributed by atoms with van der Waals surface area (Å²) in [7, 11) is 0. The minimum Gasteiger partial charge on any atom is -0.409 e. The van der Waals surface area contributed by atoms with Crippen LogP contribution in [0, 0.1) is 0 Å². The van der Waals surface area contributed by atoms with E-state index < -0.39 is 0 Å². The highest BCUT2D eigenvalue weighted by molar-refractivity contribution is 8.00. The lowest BCUT2D eigenvalue weighted by molar-refractivity contribution is 0.232. The summed E-state index contributed by atoms with van der Waals surface area (Å²) in [5.74, 6) is 1.41. The van der Waals surface area contributed by atoms with E-state index in [0.717, 1.165) is 18.8 Å². The van der Waals surface area contributed by atoms with Gasteiger partial charge in [0.05, 0.1) is 6.04 Å². The second-order valence-corrected chi connectivity index (χ2v) is 6.08. The van der Waals surface area contributed by atoms with Crippen molar-refractivity contribution in [3.8, 4) is 0 Å². The first-order valence-corrected chi connectivity index (χ1v) is 5.80. The van der Waals surface area contributed by atoms with Crippen LogP contribution in [-0.4, -0.2) is 45.6 Å². The lowest BCUT2D eigenvalue weighted by atomic mass is 10.1. The minimum atomic E-state index is 0.0279. The Balaban J connectivity index is 2.60. The van der Waals surface area contributed by atoms with Crippen molar-refractivity contribution >= 4 is 17.6 Å². The molecule has 1 fully saturated rings. The Labute approximate surface area is 89.5 Å². The summed E-state index contributed by atoms with van der Waals surface area (Å²) >= 11 is 1.98. The van der Waals surface area contributed by atoms with Crippen molar-refractivity contribution in [2.75, 3.05) is 18.8 Å². The van der Waals surface area contributed by atoms with E-state index >= 15 is 0 Å². The molecule has 1 rings (SSSR count). The lowest BCUT2D eigenvalue weighted by Crippen LogP contribution is -2.51. The third kappa shape index (κ3) is 2.78. The molecule has 0 spiro atoms. The van der Waals surface area contributed by atoms with E-state index in [1.807, 2.05) is 18.7 Å². The van der Waals surface area contributed by atoms with Gasteiger partial charge in [-0.05, 0) is 20.8 Å². The molecule has 0 aliphatic carbocycles. The molecule has 0 saturated carbocycles. The van der Waals surface area contributed by atoms with Crippen molar-refractivity contribution in [3.05, 3.63) is 0 Å². The molecule has 0 bridgehead atoms. The van der Waals surface area contributed by atoms with E-state index in [9.17, 15) is 0 Å². The monoisotopic (exact) mass is 217 g/mol. The Hall–Kier alpha value is -0.420. The molecular formula is C9H19N3OS. The average molecular weight is 217 g/mol. The molecule has 0 aromatic rings. The molecule has 3 N–H and O–H groups in total. The van der Waals surface area contributed by atoms with Crippen LogP contribution in [0.3, 0.4) is 0 Å². The lowest BCUT2D eigenvalue weighted by Gasteiger charge is -2.40. The number of amidine groups is 1. The Morgan fingerprint density at radius 3 is 2.79 bits per heavy atom. The van der Waals surface area contributed by atoms with Gasteiger partial charge in [-0.25, -0.2) is 0 Å². The molecular weight excluding hydrogens is 198 g/mol. The van der Waals surface area contributed by atoms with Crippen LogP contribution in [0.15, 0.2) is 5.16 Å². The summed E-state index contributed by atoms with van der Waals surface area (Å²) in [6.07, 6.45) is 0. The standard InChI is InChI=1S/C9H19N3OS/c1-7(8(10)11-13)12-4-5-14-9(2,3)6-12/h7,13H,4-6H2,1-3H3,(H2,10,11). The maximum absolute atomic E-state index is 8.60. The van der Waals surface area contributed by atoms with E-state index in [4.69, 9.17) is 10.9 Å². The van der Waals surface area contributed by atoms with Gasteiger partial charge in [0.15, 0.2) is 5.84 Å². The molecule has 1 unspecified atom stereocenters. The van der Waals surface area contributed by atoms with E-state index in [-0.39, 0.29) is 10.8 Å². The van der Waals surface area contributed by atoms with Gasteiger partial charge in [0, 0.05) is 23.6 Å². The van der Waals surface area contributed by atoms with E-state index in [2.05, 4.69) is 23.9 Å². The zero-order valence-corrected chi connectivity index (χ0v) is 9.84. The van der Waals surface area contributed by atoms with Gasteiger partial charge >= 0.3 is 0 Å². The fraction of sp³-hybridized carbons (Fsp3) is 0.889. The van der Waals surface area contributed by atoms with Crippen LogP contribution < -0.4 is 5.73 Å². The van der Waals surface area contributed by atoms with Gasteiger partial charge < -0.3 is 10.9 Å². The van der Waals surface area contributed by atoms with Crippen molar-refractivity contribution < 1.29 is 5.21 Å². The zero-order valence-electron chi connectivity index (χ0n) is 9.03. The summed E-state index contributed by atoms with van der Waals surface area (Å²) in [6, 6.07) is 0.0279. The Morgan fingerprint density at radius 2 is 2.29 bits per heavy atom. The molecule has 1 heterocycles. The number of hydrogen-bond donors (Lipinski definition) is 2. The number of thioether (sulfide) groups is 1. The van der Waals surface area contributed by atoms with Gasteiger partial charge in [-0.2, -0.15) is 11.8 Å². The number of rotatable bonds is 2. The van der Waals surface area contributed by atoms with E-state index in [1.54, 1.807) is 0 Å². The minimum absolute atomic E-state index is 0.0279. The molecule has 14 heavy (non-hydrogen) atoms. The van der Waals surface area contributed by atoms with Crippen LogP contribution in [0.2, 0.25) is 0 Å². The first-order valence-electron chi connectivity index (χ1n) is 4.82. The fourth-order valence-electron chi connectivity index (χ4n) is 1.65. The molecule has 0 aromatic carbocycles. The molecule has 4 nitrogen and oxygen atoms in total. The number of hydrogen-bond acceptors (Lipinski definition) is 4. The SMILES string of the molecule is CC(/C(N)=N/O)N1CCSC(C)(C)C1. The molecule has 1 atom stereocenters. The predicted molar refractivity (Wildman–Crippen MR) is 61.0 cm³/mol. The number of nitrogens with zero attached hydrogens (tertiary/aromatic N) is 2. The van der Waals surface area contributed by atoms with E-state index in [1.165, 1.54) is 0 Å². The highest BCUT2D eigenvalue weighted by Crippen LogP contribution is 2.30. The van der Waals surface area contributed by atoms with Crippen LogP contribution in [0.25, 0.3) is 0 Å². The smallest absolute Gasteiger partial charge is 0.156 e. The summed E-state index contributed by atoms with van der Waals surface area (Å²) in [6.45, 7) is 8.41. The summed E-state index contributed by atoms with van der Waals surface area (Å²) in [5, 5.41) is 11.7. The molecule has 1 aliphatic heterocycles. The number of oxime groups is 1. The normalized spacial score (nSPS) is 26.1. The van der Waals surface area contributed by atoms with Crippen molar-refractivity contribution in [1.82, 2.24) is 4.90 Å². The van der Waals surface area contributed by atoms with Gasteiger partial charge in [0.1, 0.15) is 0 Å². The van der Waals surface area contributed by atoms with Crippen LogP contribution >= 0.6 is 11.8 Å². The topological polar surface area (TPSA) is 61.9 Å². The zero-order chi connectivity index (χ0) is 10.8. The summed E-state index contributed by atoms with van der Waals surface area (Å²) in [5.41, 5.74) is 5.59. The van der Waals surface area contributed by atoms with Gasteiger partial charge in [0.25, 0.3) is 0 Å². The largest absolute Gasteiger partial charge is 0.409 e. The van der Waals surface area contributed by atoms with Crippen molar-refractivity contribution in [1.29, 1.82) is 0 Å². The average Bonchev–Trinajstić information content (AvgIpc) is 2.14. The third-order valence-corrected chi connectivity index (χ3v) is 3.84. The van der Waals surface area contributed by atoms with Crippen LogP contribution in [0.4, 0.5) is 0 Å². The van der Waals surface area contributed by atoms with Crippen LogP contribution in [0.1, 0.15) is 20.8 Å². The van der Waals surface area contributed by atoms with E-state index in [0.29, 0.717) is 5.84 Å². The summed E-state index contributed by atoms with van der Waals surface area (Å²) in [4.78, 5) is 2.26. The van der Waals surface area contributed by atoms with Gasteiger partial charge in [0.2, 0.25) is 0 Å². The summed E-state index contributed by atoms with van der Waals surface area (Å²) < 4.78 is 0.266. The van der Waals surface area contributed by atoms with Crippen molar-refractivity contribution in [2.24, 2.45) is 10.9 Å². The Kier molecular flexibility index (Phi) is 3.66. The molecule has 0 amide bonds. The van der Waals surface area contributed by atoms with Crippen molar-refractivity contribution in [3.63, 3.8) is 0 Å². The van der Waals surface area contributed by atoms with Gasteiger partial charge in [-0.1, -0.05) is 5.16 Å². The van der Waals surface area contributed by atoms with Crippen LogP contribution in [-0.2, 0) is 0 Å². The van der Waals surface area contributed by atoms with Crippen LogP contribution in [0.5, 0.6) is 0 Å². The fourth-order valence-corrected chi connectivity index (χ4v) is 2.79. The highest BCUT2D eigenvalue weighted by atomic mass is 32.2. The number of nitrogens with two attached hydrogens (primary N) is 1. The highest BCUT2D eigenvalue weighted by Gasteiger charge is 2.30. The molecule has 0 radical (unpaired) electrons. The second kappa shape index (κ2) is 4.40.